The van der Waals surface area contributed by atoms with Crippen molar-refractivity contribution in [1.29, 1.82) is 0 Å². The van der Waals surface area contributed by atoms with Crippen molar-refractivity contribution in [2.24, 2.45) is 28.0 Å². The number of methoxy groups -OCH3 is 1. The van der Waals surface area contributed by atoms with Gasteiger partial charge in [0.2, 0.25) is 0 Å². The molecule has 142 heavy (non-hydrogen) atoms. The zero-order chi connectivity index (χ0) is 104. The lowest BCUT2D eigenvalue weighted by Crippen LogP contribution is -2.61. The van der Waals surface area contributed by atoms with Crippen molar-refractivity contribution in [2.45, 2.75) is 250 Å². The van der Waals surface area contributed by atoms with Crippen molar-refractivity contribution in [3.63, 3.8) is 0 Å². The van der Waals surface area contributed by atoms with E-state index in [1.165, 1.54) is 14.0 Å². The molecule has 774 valence electrons. The van der Waals surface area contributed by atoms with Crippen LogP contribution in [0.25, 0.3) is 32.3 Å². The van der Waals surface area contributed by atoms with Crippen LogP contribution in [-0.4, -0.2) is 332 Å². The summed E-state index contributed by atoms with van der Waals surface area (Å²) in [4.78, 5) is 23.9. The standard InChI is InChI=1S/C51H84N8O13.C15H18N6O4S.C12H14N6O3S.C11H12N6O.C3H4O/c1-14-40-51(10,66)44(62)33(6)57(12)24-29(2)22-49(8,65)46(31(4)43(32(5)47(64)70-40)71-41-23-50(9,67-13)45(63)34(7)69-41)72-48-42(61)39(21-30(3)68-48)56(11)20-19-36-26-58(54-52-36)25-35-15-17-38(18-16-35)59-27-37(28-60)53-55-59;1-26(23,24)25-7-6-13-9-20(18-16-13)8-12-2-4-15(5-3-12)21-10-14(11-22)17-19-21;1-22(19,20)21-7-6-12-9-18(17-15-12)8-10-2-4-11(5-3-10)14-16-13;12-15-13-10-3-1-9(2-4-10)7-17-8-11(5-6-18)14-16-17;1-2-3-4/h15-18,26-27,29-34,39-46,48,60-63,65-66H,14,19-25,28H2,1-13H3;2-5,9-10,22H,6-8,11H2,1H3;2-5,9H,6-8H2,1H3;1-4,8,18H,5-7H2;1,4H,3H2/t29-,30-,31+,32-,33-,34+,39+,40-,41-,42-,43+,44-,45+,46-,48+,49-,50-,51-;;;;/m1..../s1. The van der Waals surface area contributed by atoms with Crippen molar-refractivity contribution in [3.8, 4) is 23.7 Å². The van der Waals surface area contributed by atoms with Crippen LogP contribution in [0.3, 0.4) is 0 Å². The number of ether oxygens (including phenoxy) is 6. The van der Waals surface area contributed by atoms with Crippen LogP contribution in [0.4, 0.5) is 11.4 Å². The molecule has 50 heteroatoms. The van der Waals surface area contributed by atoms with Gasteiger partial charge in [0.25, 0.3) is 20.2 Å². The maximum Gasteiger partial charge on any atom is 0.311 e. The van der Waals surface area contributed by atoms with E-state index in [1.807, 2.05) is 125 Å². The second-order valence-corrected chi connectivity index (χ2v) is 39.4. The number of terminal acetylenes is 1. The van der Waals surface area contributed by atoms with Crippen LogP contribution in [0.1, 0.15) is 151 Å². The minimum absolute atomic E-state index is 0.0401. The Balaban J connectivity index is 0.000000256. The summed E-state index contributed by atoms with van der Waals surface area (Å²) in [5, 5.41) is 150. The van der Waals surface area contributed by atoms with Gasteiger partial charge in [0.05, 0.1) is 153 Å². The van der Waals surface area contributed by atoms with Crippen molar-refractivity contribution >= 4 is 37.6 Å². The Morgan fingerprint density at radius 2 is 1.01 bits per heavy atom. The summed E-state index contributed by atoms with van der Waals surface area (Å²) >= 11 is 0. The van der Waals surface area contributed by atoms with Gasteiger partial charge in [-0.2, -0.15) is 16.8 Å². The van der Waals surface area contributed by atoms with E-state index in [0.29, 0.717) is 106 Å². The first-order chi connectivity index (χ1) is 67.4. The van der Waals surface area contributed by atoms with Crippen molar-refractivity contribution in [1.82, 2.24) is 99.8 Å². The minimum Gasteiger partial charge on any atom is -0.459 e. The summed E-state index contributed by atoms with van der Waals surface area (Å²) in [6.07, 6.45) is 9.75. The van der Waals surface area contributed by atoms with Crippen LogP contribution in [0.15, 0.2) is 144 Å². The monoisotopic (exact) mass is 2020 g/mol. The van der Waals surface area contributed by atoms with Gasteiger partial charge in [0, 0.05) is 123 Å². The third kappa shape index (κ3) is 34.4. The van der Waals surface area contributed by atoms with E-state index in [4.69, 9.17) is 59.0 Å². The molecular formula is C92H132N26O22S2. The average Bonchev–Trinajstić information content (AvgIpc) is 0.804. The summed E-state index contributed by atoms with van der Waals surface area (Å²) in [7, 11) is -1.61. The fourth-order valence-electron chi connectivity index (χ4n) is 16.6. The fraction of sp³-hybridized carbons (Fsp3) is 0.576. The number of likely N-dealkylation sites (N-methyl/N-ethyl adjacent to an activating group) is 2. The molecule has 9 N–H and O–H groups in total. The molecule has 0 amide bonds. The molecule has 3 fully saturated rings. The normalized spacial score (nSPS) is 25.1. The Morgan fingerprint density at radius 1 is 0.592 bits per heavy atom. The van der Waals surface area contributed by atoms with Gasteiger partial charge in [-0.05, 0) is 145 Å². The molecule has 0 saturated carbocycles. The van der Waals surface area contributed by atoms with Crippen molar-refractivity contribution in [3.05, 3.63) is 212 Å². The van der Waals surface area contributed by atoms with Crippen LogP contribution in [0.5, 0.6) is 0 Å². The first-order valence-corrected chi connectivity index (χ1v) is 49.7. The van der Waals surface area contributed by atoms with Gasteiger partial charge in [-0.25, -0.2) is 28.1 Å². The second kappa shape index (κ2) is 53.8. The molecule has 0 unspecified atom stereocenters. The number of carbonyl (C=O) groups is 1. The zero-order valence-corrected chi connectivity index (χ0v) is 84.0. The smallest absolute Gasteiger partial charge is 0.311 e. The molecule has 13 rings (SSSR count). The number of nitrogens with zero attached hydrogens (tertiary/aromatic N) is 26. The Morgan fingerprint density at radius 3 is 1.41 bits per heavy atom. The lowest BCUT2D eigenvalue weighted by Gasteiger charge is -2.49. The summed E-state index contributed by atoms with van der Waals surface area (Å²) in [5.41, 5.74) is 22.7. The van der Waals surface area contributed by atoms with Crippen LogP contribution in [-0.2, 0) is 127 Å². The Labute approximate surface area is 824 Å². The number of cyclic esters (lactones) is 1. The molecule has 0 radical (unpaired) electrons. The number of hydrogen-bond acceptors (Lipinski definition) is 38. The summed E-state index contributed by atoms with van der Waals surface area (Å²) < 4.78 is 101. The van der Waals surface area contributed by atoms with Gasteiger partial charge in [-0.1, -0.05) is 141 Å². The zero-order valence-electron chi connectivity index (χ0n) is 82.4. The molecule has 0 spiro atoms. The second-order valence-electron chi connectivity index (χ2n) is 36.1. The predicted octanol–water partition coefficient (Wildman–Crippen LogP) is 5.35. The maximum atomic E-state index is 14.5. The van der Waals surface area contributed by atoms with Crippen molar-refractivity contribution in [2.75, 3.05) is 73.2 Å². The minimum atomic E-state index is -3.44. The molecular weight excluding hydrogens is 1890 g/mol. The summed E-state index contributed by atoms with van der Waals surface area (Å²) in [6, 6.07) is 28.8. The molecule has 48 nitrogen and oxygen atoms in total. The number of esters is 1. The molecule has 10 aromatic rings. The van der Waals surface area contributed by atoms with Crippen LogP contribution in [0, 0.1) is 30.1 Å². The van der Waals surface area contributed by atoms with E-state index in [0.717, 1.165) is 57.5 Å². The summed E-state index contributed by atoms with van der Waals surface area (Å²) in [6.45, 7) is 20.3. The number of azide groups is 2. The first-order valence-electron chi connectivity index (χ1n) is 46.1. The highest BCUT2D eigenvalue weighted by molar-refractivity contribution is 7.86. The molecule has 6 aromatic heterocycles. The maximum absolute atomic E-state index is 14.5. The third-order valence-electron chi connectivity index (χ3n) is 24.3. The Hall–Kier alpha value is -11.5. The van der Waals surface area contributed by atoms with E-state index in [-0.39, 0.29) is 70.9 Å². The van der Waals surface area contributed by atoms with Gasteiger partial charge in [0.1, 0.15) is 48.0 Å². The molecule has 0 bridgehead atoms. The van der Waals surface area contributed by atoms with E-state index >= 15 is 0 Å². The lowest BCUT2D eigenvalue weighted by atomic mass is 9.77. The quantitative estimate of drug-likeness (QED) is 0.00613. The van der Waals surface area contributed by atoms with Crippen LogP contribution >= 0.6 is 0 Å². The third-order valence-corrected chi connectivity index (χ3v) is 25.5. The average molecular weight is 2020 g/mol. The Kier molecular flexibility index (Phi) is 43.2. The molecule has 3 aliphatic rings. The highest BCUT2D eigenvalue weighted by Gasteiger charge is 2.53. The predicted molar refractivity (Wildman–Crippen MR) is 514 cm³/mol. The topological polar surface area (TPSA) is 630 Å². The van der Waals surface area contributed by atoms with Gasteiger partial charge < -0.3 is 84.2 Å². The summed E-state index contributed by atoms with van der Waals surface area (Å²) in [5.74, 6) is -0.808. The number of aliphatic hydroxyl groups is 9. The number of hydrogen-bond donors (Lipinski definition) is 9. The molecule has 4 aromatic carbocycles. The Bertz CT molecular complexity index is 5930. The van der Waals surface area contributed by atoms with Crippen LogP contribution < -0.4 is 0 Å². The first kappa shape index (κ1) is 114. The SMILES string of the molecule is C#CCO.CC[C@H]1OC(=O)[C@H](C)[C@@H](O[C@@H]2C[C@@](C)(OC)[C@@H](O)[C@H](C)O2)[C@H](C)[C@@H](O[C@@H]2O[C@H](C)C[C@H](N(C)CCc3cn(Cc4ccc(-n5cc(CO)nn5)cc4)nn3)[C@H]2O)[C@](C)(O)C[C@@H](C)CN(C)[C@H](C)[C@@H](O)[C@]1(C)O.CS(=O)(=O)OCCc1cn(Cc2ccc(-n3cc(CO)nn3)cc2)nn1.CS(=O)(=O)OCCc1cn(Cc2ccc(N=[N+]=[N-])cc2)nn1.[N-]=[N+]=Nc1ccc(Cn2cc(CCO)nn2)cc1. The van der Waals surface area contributed by atoms with Gasteiger partial charge in [-0.15, -0.1) is 37.0 Å². The number of benzene rings is 4. The lowest BCUT2D eigenvalue weighted by molar-refractivity contribution is -0.318. The highest BCUT2D eigenvalue weighted by Crippen LogP contribution is 2.41. The largest absolute Gasteiger partial charge is 0.459 e. The van der Waals surface area contributed by atoms with E-state index in [1.54, 1.807) is 125 Å². The molecule has 3 aliphatic heterocycles. The molecule has 3 saturated heterocycles. The van der Waals surface area contributed by atoms with Crippen molar-refractivity contribution < 1.29 is 104 Å². The molecule has 0 aliphatic carbocycles. The number of rotatable bonds is 34. The number of aromatic nitrogens is 18. The van der Waals surface area contributed by atoms with Gasteiger partial charge in [-0.3, -0.25) is 13.2 Å². The fourth-order valence-corrected chi connectivity index (χ4v) is 17.4. The van der Waals surface area contributed by atoms with E-state index < -0.39 is 122 Å². The molecule has 9 heterocycles. The number of carbonyl (C=O) groups excluding carboxylic acids is 1. The van der Waals surface area contributed by atoms with Gasteiger partial charge in [0.15, 0.2) is 12.6 Å². The van der Waals surface area contributed by atoms with E-state index in [9.17, 15) is 52.3 Å². The molecule has 18 atom stereocenters. The highest BCUT2D eigenvalue weighted by atomic mass is 32.2. The number of aliphatic hydroxyl groups excluding tert-OH is 7. The van der Waals surface area contributed by atoms with E-state index in [2.05, 4.69) is 97.4 Å². The van der Waals surface area contributed by atoms with Gasteiger partial charge >= 0.3 is 5.97 Å². The van der Waals surface area contributed by atoms with Crippen LogP contribution in [0.2, 0.25) is 0 Å².